The predicted molar refractivity (Wildman–Crippen MR) is 106 cm³/mol. The fraction of sp³-hybridized carbons (Fsp3) is 0.364. The summed E-state index contributed by atoms with van der Waals surface area (Å²) in [5, 5.41) is 14.8. The van der Waals surface area contributed by atoms with Gasteiger partial charge in [0.15, 0.2) is 0 Å². The molecule has 1 saturated carbocycles. The van der Waals surface area contributed by atoms with E-state index in [9.17, 15) is 9.59 Å². The van der Waals surface area contributed by atoms with Crippen molar-refractivity contribution in [3.63, 3.8) is 0 Å². The molecule has 2 amide bonds. The van der Waals surface area contributed by atoms with Crippen molar-refractivity contribution in [1.82, 2.24) is 10.6 Å². The van der Waals surface area contributed by atoms with Crippen molar-refractivity contribution in [2.75, 3.05) is 0 Å². The Bertz CT molecular complexity index is 786. The van der Waals surface area contributed by atoms with E-state index in [0.717, 1.165) is 16.9 Å². The highest BCUT2D eigenvalue weighted by atomic mass is 16.5. The minimum Gasteiger partial charge on any atom is -0.489 e. The van der Waals surface area contributed by atoms with Crippen LogP contribution in [0.25, 0.3) is 0 Å². The monoisotopic (exact) mass is 382 g/mol. The van der Waals surface area contributed by atoms with Gasteiger partial charge in [-0.25, -0.2) is 4.79 Å². The summed E-state index contributed by atoms with van der Waals surface area (Å²) in [7, 11) is 0. The molecule has 0 bridgehead atoms. The van der Waals surface area contributed by atoms with Gasteiger partial charge in [-0.2, -0.15) is 0 Å². The van der Waals surface area contributed by atoms with Crippen molar-refractivity contribution in [3.05, 3.63) is 65.7 Å². The van der Waals surface area contributed by atoms with Crippen molar-refractivity contribution in [1.29, 1.82) is 0 Å². The third-order valence-electron chi connectivity index (χ3n) is 5.01. The maximum absolute atomic E-state index is 12.1. The van der Waals surface area contributed by atoms with Crippen molar-refractivity contribution in [3.8, 4) is 5.75 Å². The van der Waals surface area contributed by atoms with E-state index in [1.165, 1.54) is 0 Å². The van der Waals surface area contributed by atoms with Crippen LogP contribution in [0.2, 0.25) is 0 Å². The summed E-state index contributed by atoms with van der Waals surface area (Å²) in [5.41, 5.74) is 2.05. The van der Waals surface area contributed by atoms with Gasteiger partial charge in [-0.15, -0.1) is 0 Å². The number of rotatable bonds is 7. The van der Waals surface area contributed by atoms with Gasteiger partial charge in [0.25, 0.3) is 0 Å². The van der Waals surface area contributed by atoms with Crippen LogP contribution in [0.1, 0.15) is 36.8 Å². The molecule has 0 aliphatic heterocycles. The number of hydrogen-bond donors (Lipinski definition) is 3. The molecule has 0 heterocycles. The second-order valence-corrected chi connectivity index (χ2v) is 7.14. The van der Waals surface area contributed by atoms with Gasteiger partial charge >= 0.3 is 12.0 Å². The Balaban J connectivity index is 1.42. The number of benzene rings is 2. The highest BCUT2D eigenvalue weighted by Crippen LogP contribution is 2.24. The Morgan fingerprint density at radius 3 is 2.39 bits per heavy atom. The molecular formula is C22H26N2O4. The average Bonchev–Trinajstić information content (AvgIpc) is 2.72. The van der Waals surface area contributed by atoms with Crippen LogP contribution in [0, 0.1) is 5.92 Å². The van der Waals surface area contributed by atoms with Gasteiger partial charge in [0.1, 0.15) is 12.4 Å². The molecule has 2 aromatic rings. The van der Waals surface area contributed by atoms with E-state index in [1.54, 1.807) is 0 Å². The SMILES string of the molecule is O=C(NCc1cccc(OCc2ccccc2)c1)NC1CCC(C(=O)O)CC1. The van der Waals surface area contributed by atoms with Gasteiger partial charge in [0.05, 0.1) is 5.92 Å². The molecule has 148 valence electrons. The highest BCUT2D eigenvalue weighted by molar-refractivity contribution is 5.74. The first-order chi connectivity index (χ1) is 13.6. The molecule has 6 heteroatoms. The molecule has 3 rings (SSSR count). The largest absolute Gasteiger partial charge is 0.489 e. The van der Waals surface area contributed by atoms with Crippen LogP contribution in [0.4, 0.5) is 4.79 Å². The molecule has 1 aliphatic rings. The summed E-state index contributed by atoms with van der Waals surface area (Å²) in [6, 6.07) is 17.4. The maximum Gasteiger partial charge on any atom is 0.315 e. The Kier molecular flexibility index (Phi) is 6.89. The average molecular weight is 382 g/mol. The molecule has 1 fully saturated rings. The normalized spacial score (nSPS) is 18.9. The number of amides is 2. The number of ether oxygens (including phenoxy) is 1. The van der Waals surface area contributed by atoms with Crippen molar-refractivity contribution in [2.45, 2.75) is 44.9 Å². The fourth-order valence-corrected chi connectivity index (χ4v) is 3.39. The van der Waals surface area contributed by atoms with Crippen LogP contribution in [-0.2, 0) is 17.9 Å². The third kappa shape index (κ3) is 6.01. The standard InChI is InChI=1S/C22H26N2O4/c25-21(26)18-9-11-19(12-10-18)24-22(27)23-14-17-7-4-8-20(13-17)28-15-16-5-2-1-3-6-16/h1-8,13,18-19H,9-12,14-15H2,(H,25,26)(H2,23,24,27). The van der Waals surface area contributed by atoms with Gasteiger partial charge in [0, 0.05) is 12.6 Å². The first kappa shape index (κ1) is 19.7. The second kappa shape index (κ2) is 9.78. The topological polar surface area (TPSA) is 87.7 Å². The Morgan fingerprint density at radius 2 is 1.68 bits per heavy atom. The molecule has 0 radical (unpaired) electrons. The first-order valence-corrected chi connectivity index (χ1v) is 9.63. The van der Waals surface area contributed by atoms with Crippen LogP contribution in [0.3, 0.4) is 0 Å². The highest BCUT2D eigenvalue weighted by Gasteiger charge is 2.26. The van der Waals surface area contributed by atoms with E-state index < -0.39 is 5.97 Å². The van der Waals surface area contributed by atoms with Gasteiger partial charge in [-0.05, 0) is 48.9 Å². The molecule has 1 aliphatic carbocycles. The summed E-state index contributed by atoms with van der Waals surface area (Å²) < 4.78 is 5.81. The van der Waals surface area contributed by atoms with Crippen molar-refractivity contribution >= 4 is 12.0 Å². The summed E-state index contributed by atoms with van der Waals surface area (Å²) in [6.07, 6.45) is 2.63. The molecule has 0 spiro atoms. The van der Waals surface area contributed by atoms with Crippen molar-refractivity contribution < 1.29 is 19.4 Å². The molecule has 3 N–H and O–H groups in total. The third-order valence-corrected chi connectivity index (χ3v) is 5.01. The van der Waals surface area contributed by atoms with Gasteiger partial charge < -0.3 is 20.5 Å². The molecule has 28 heavy (non-hydrogen) atoms. The Labute approximate surface area is 164 Å². The van der Waals surface area contributed by atoms with Crippen LogP contribution in [0.5, 0.6) is 5.75 Å². The number of carbonyl (C=O) groups excluding carboxylic acids is 1. The van der Waals surface area contributed by atoms with E-state index >= 15 is 0 Å². The summed E-state index contributed by atoms with van der Waals surface area (Å²) in [6.45, 7) is 0.899. The zero-order valence-electron chi connectivity index (χ0n) is 15.8. The van der Waals surface area contributed by atoms with E-state index in [0.29, 0.717) is 38.8 Å². The minimum atomic E-state index is -0.739. The zero-order chi connectivity index (χ0) is 19.8. The summed E-state index contributed by atoms with van der Waals surface area (Å²) in [4.78, 5) is 23.1. The van der Waals surface area contributed by atoms with E-state index in [4.69, 9.17) is 9.84 Å². The maximum atomic E-state index is 12.1. The lowest BCUT2D eigenvalue weighted by Gasteiger charge is -2.26. The van der Waals surface area contributed by atoms with Gasteiger partial charge in [0.2, 0.25) is 0 Å². The molecule has 0 saturated heterocycles. The summed E-state index contributed by atoms with van der Waals surface area (Å²) >= 11 is 0. The predicted octanol–water partition coefficient (Wildman–Crippen LogP) is 3.71. The zero-order valence-corrected chi connectivity index (χ0v) is 15.8. The van der Waals surface area contributed by atoms with Crippen LogP contribution in [0.15, 0.2) is 54.6 Å². The number of aliphatic carboxylic acids is 1. The summed E-state index contributed by atoms with van der Waals surface area (Å²) in [5.74, 6) is -0.257. The van der Waals surface area contributed by atoms with Gasteiger partial charge in [-0.3, -0.25) is 4.79 Å². The van der Waals surface area contributed by atoms with Crippen LogP contribution >= 0.6 is 0 Å². The van der Waals surface area contributed by atoms with Crippen LogP contribution < -0.4 is 15.4 Å². The number of carbonyl (C=O) groups is 2. The fourth-order valence-electron chi connectivity index (χ4n) is 3.39. The molecule has 0 aromatic heterocycles. The number of urea groups is 1. The lowest BCUT2D eigenvalue weighted by molar-refractivity contribution is -0.142. The second-order valence-electron chi connectivity index (χ2n) is 7.14. The number of hydrogen-bond acceptors (Lipinski definition) is 3. The number of carboxylic acids is 1. The Morgan fingerprint density at radius 1 is 0.964 bits per heavy atom. The number of nitrogens with one attached hydrogen (secondary N) is 2. The molecule has 0 unspecified atom stereocenters. The first-order valence-electron chi connectivity index (χ1n) is 9.63. The molecule has 6 nitrogen and oxygen atoms in total. The molecule has 0 atom stereocenters. The van der Waals surface area contributed by atoms with E-state index in [-0.39, 0.29) is 18.0 Å². The molecule has 2 aromatic carbocycles. The smallest absolute Gasteiger partial charge is 0.315 e. The number of carboxylic acid groups (broad SMARTS) is 1. The lowest BCUT2D eigenvalue weighted by Crippen LogP contribution is -2.43. The Hall–Kier alpha value is -3.02. The quantitative estimate of drug-likeness (QED) is 0.681. The van der Waals surface area contributed by atoms with Gasteiger partial charge in [-0.1, -0.05) is 42.5 Å². The van der Waals surface area contributed by atoms with E-state index in [1.807, 2.05) is 54.6 Å². The minimum absolute atomic E-state index is 0.0381. The van der Waals surface area contributed by atoms with Crippen LogP contribution in [-0.4, -0.2) is 23.1 Å². The van der Waals surface area contributed by atoms with E-state index in [2.05, 4.69) is 10.6 Å². The molecular weight excluding hydrogens is 356 g/mol. The lowest BCUT2D eigenvalue weighted by atomic mass is 9.86. The van der Waals surface area contributed by atoms with Crippen molar-refractivity contribution in [2.24, 2.45) is 5.92 Å².